The highest BCUT2D eigenvalue weighted by Gasteiger charge is 2.26. The van der Waals surface area contributed by atoms with Crippen LogP contribution in [-0.4, -0.2) is 51.8 Å². The van der Waals surface area contributed by atoms with E-state index in [0.29, 0.717) is 50.6 Å². The molecule has 1 aliphatic heterocycles. The summed E-state index contributed by atoms with van der Waals surface area (Å²) in [5.41, 5.74) is 0. The fourth-order valence-corrected chi connectivity index (χ4v) is 2.17. The van der Waals surface area contributed by atoms with Crippen LogP contribution in [-0.2, 0) is 11.2 Å². The van der Waals surface area contributed by atoms with Crippen molar-refractivity contribution in [2.24, 2.45) is 5.92 Å². The second kappa shape index (κ2) is 6.36. The Labute approximate surface area is 116 Å². The van der Waals surface area contributed by atoms with Gasteiger partial charge in [0, 0.05) is 33.0 Å². The molecule has 0 spiro atoms. The third-order valence-electron chi connectivity index (χ3n) is 3.33. The van der Waals surface area contributed by atoms with Gasteiger partial charge in [-0.1, -0.05) is 5.16 Å². The Bertz CT molecular complexity index is 480. The molecule has 2 amide bonds. The van der Waals surface area contributed by atoms with Gasteiger partial charge in [-0.05, 0) is 12.8 Å². The number of urea groups is 1. The summed E-state index contributed by atoms with van der Waals surface area (Å²) in [5.74, 6) is -0.0478. The molecule has 1 saturated heterocycles. The van der Waals surface area contributed by atoms with Gasteiger partial charge in [-0.25, -0.2) is 4.79 Å². The molecule has 0 bridgehead atoms. The van der Waals surface area contributed by atoms with Crippen molar-refractivity contribution in [1.82, 2.24) is 20.4 Å². The number of likely N-dealkylation sites (tertiary alicyclic amines) is 1. The van der Waals surface area contributed by atoms with Gasteiger partial charge in [-0.15, -0.1) is 0 Å². The van der Waals surface area contributed by atoms with E-state index < -0.39 is 5.97 Å². The second-order valence-electron chi connectivity index (χ2n) is 4.81. The summed E-state index contributed by atoms with van der Waals surface area (Å²) in [6.45, 7) is 3.09. The molecule has 0 aliphatic carbocycles. The average molecular weight is 282 g/mol. The molecule has 0 saturated carbocycles. The monoisotopic (exact) mass is 282 g/mol. The summed E-state index contributed by atoms with van der Waals surface area (Å²) < 4.78 is 4.83. The number of hydrogen-bond acceptors (Lipinski definition) is 5. The second-order valence-corrected chi connectivity index (χ2v) is 4.81. The van der Waals surface area contributed by atoms with Crippen LogP contribution < -0.4 is 5.32 Å². The van der Waals surface area contributed by atoms with E-state index in [4.69, 9.17) is 9.63 Å². The molecule has 20 heavy (non-hydrogen) atoms. The number of aliphatic carboxylic acids is 1. The predicted molar refractivity (Wildman–Crippen MR) is 68.1 cm³/mol. The topological polar surface area (TPSA) is 109 Å². The third kappa shape index (κ3) is 3.69. The molecule has 2 N–H and O–H groups in total. The number of aromatic nitrogens is 2. The van der Waals surface area contributed by atoms with Gasteiger partial charge in [-0.3, -0.25) is 4.79 Å². The first kappa shape index (κ1) is 14.3. The van der Waals surface area contributed by atoms with Gasteiger partial charge >= 0.3 is 12.0 Å². The molecule has 0 aromatic carbocycles. The Balaban J connectivity index is 1.69. The van der Waals surface area contributed by atoms with Crippen LogP contribution in [0.25, 0.3) is 0 Å². The van der Waals surface area contributed by atoms with Crippen LogP contribution in [0.2, 0.25) is 0 Å². The molecule has 1 aromatic heterocycles. The van der Waals surface area contributed by atoms with Gasteiger partial charge < -0.3 is 19.8 Å². The zero-order chi connectivity index (χ0) is 14.5. The fraction of sp³-hybridized carbons (Fsp3) is 0.667. The van der Waals surface area contributed by atoms with Crippen molar-refractivity contribution in [1.29, 1.82) is 0 Å². The zero-order valence-electron chi connectivity index (χ0n) is 11.3. The molecule has 1 aromatic rings. The average Bonchev–Trinajstić information content (AvgIpc) is 2.84. The normalized spacial score (nSPS) is 16.1. The number of aryl methyl sites for hydroxylation is 1. The molecule has 8 heteroatoms. The quantitative estimate of drug-likeness (QED) is 0.828. The molecule has 110 valence electrons. The van der Waals surface area contributed by atoms with Crippen molar-refractivity contribution in [3.05, 3.63) is 11.7 Å². The van der Waals surface area contributed by atoms with E-state index in [9.17, 15) is 9.59 Å². The third-order valence-corrected chi connectivity index (χ3v) is 3.33. The van der Waals surface area contributed by atoms with Crippen LogP contribution in [0.15, 0.2) is 4.52 Å². The number of rotatable bonds is 4. The van der Waals surface area contributed by atoms with E-state index in [0.717, 1.165) is 0 Å². The molecular weight excluding hydrogens is 264 g/mol. The number of carbonyl (C=O) groups is 2. The smallest absolute Gasteiger partial charge is 0.317 e. The fourth-order valence-electron chi connectivity index (χ4n) is 2.17. The molecule has 1 aliphatic rings. The van der Waals surface area contributed by atoms with Crippen molar-refractivity contribution in [2.45, 2.75) is 26.2 Å². The highest BCUT2D eigenvalue weighted by Crippen LogP contribution is 2.17. The highest BCUT2D eigenvalue weighted by molar-refractivity contribution is 5.75. The maximum Gasteiger partial charge on any atom is 0.317 e. The number of piperidine rings is 1. The Morgan fingerprint density at radius 2 is 2.15 bits per heavy atom. The first-order chi connectivity index (χ1) is 9.56. The summed E-state index contributed by atoms with van der Waals surface area (Å²) >= 11 is 0. The lowest BCUT2D eigenvalue weighted by Gasteiger charge is -2.30. The summed E-state index contributed by atoms with van der Waals surface area (Å²) in [6, 6.07) is -0.172. The van der Waals surface area contributed by atoms with E-state index in [2.05, 4.69) is 15.5 Å². The van der Waals surface area contributed by atoms with E-state index in [1.165, 1.54) is 0 Å². The van der Waals surface area contributed by atoms with Gasteiger partial charge in [0.25, 0.3) is 0 Å². The van der Waals surface area contributed by atoms with Crippen molar-refractivity contribution in [2.75, 3.05) is 19.6 Å². The molecule has 2 heterocycles. The first-order valence-corrected chi connectivity index (χ1v) is 6.61. The number of carboxylic acid groups (broad SMARTS) is 1. The van der Waals surface area contributed by atoms with Crippen LogP contribution in [0.1, 0.15) is 24.6 Å². The molecule has 0 radical (unpaired) electrons. The van der Waals surface area contributed by atoms with Crippen LogP contribution in [0.4, 0.5) is 4.79 Å². The molecule has 2 rings (SSSR count). The molecule has 0 atom stereocenters. The summed E-state index contributed by atoms with van der Waals surface area (Å²) in [7, 11) is 0. The van der Waals surface area contributed by atoms with Crippen molar-refractivity contribution in [3.63, 3.8) is 0 Å². The van der Waals surface area contributed by atoms with Crippen molar-refractivity contribution in [3.8, 4) is 0 Å². The molecule has 1 fully saturated rings. The standard InChI is InChI=1S/C12H18N4O4/c1-8-14-10(15-20-8)2-5-13-12(19)16-6-3-9(4-7-16)11(17)18/h9H,2-7H2,1H3,(H,13,19)(H,17,18). The number of carbonyl (C=O) groups excluding carboxylic acids is 1. The summed E-state index contributed by atoms with van der Waals surface area (Å²) in [4.78, 5) is 28.4. The van der Waals surface area contributed by atoms with Gasteiger partial charge in [0.05, 0.1) is 5.92 Å². The largest absolute Gasteiger partial charge is 0.481 e. The molecule has 0 unspecified atom stereocenters. The lowest BCUT2D eigenvalue weighted by molar-refractivity contribution is -0.143. The van der Waals surface area contributed by atoms with Crippen LogP contribution >= 0.6 is 0 Å². The maximum absolute atomic E-state index is 11.9. The van der Waals surface area contributed by atoms with Gasteiger partial charge in [0.2, 0.25) is 5.89 Å². The lowest BCUT2D eigenvalue weighted by atomic mass is 9.97. The van der Waals surface area contributed by atoms with E-state index in [-0.39, 0.29) is 11.9 Å². The van der Waals surface area contributed by atoms with Crippen LogP contribution in [0.3, 0.4) is 0 Å². The lowest BCUT2D eigenvalue weighted by Crippen LogP contribution is -2.45. The van der Waals surface area contributed by atoms with Gasteiger partial charge in [0.15, 0.2) is 5.82 Å². The highest BCUT2D eigenvalue weighted by atomic mass is 16.5. The number of hydrogen-bond donors (Lipinski definition) is 2. The minimum Gasteiger partial charge on any atom is -0.481 e. The van der Waals surface area contributed by atoms with Crippen LogP contribution in [0.5, 0.6) is 0 Å². The minimum atomic E-state index is -0.780. The summed E-state index contributed by atoms with van der Waals surface area (Å²) in [6.07, 6.45) is 1.52. The predicted octanol–water partition coefficient (Wildman–Crippen LogP) is 0.427. The van der Waals surface area contributed by atoms with E-state index in [1.807, 2.05) is 0 Å². The molecule has 8 nitrogen and oxygen atoms in total. The Kier molecular flexibility index (Phi) is 4.54. The van der Waals surface area contributed by atoms with Gasteiger partial charge in [0.1, 0.15) is 0 Å². The van der Waals surface area contributed by atoms with E-state index in [1.54, 1.807) is 11.8 Å². The first-order valence-electron chi connectivity index (χ1n) is 6.61. The summed E-state index contributed by atoms with van der Waals surface area (Å²) in [5, 5.41) is 15.4. The zero-order valence-corrected chi connectivity index (χ0v) is 11.3. The van der Waals surface area contributed by atoms with Gasteiger partial charge in [-0.2, -0.15) is 4.98 Å². The Morgan fingerprint density at radius 3 is 2.70 bits per heavy atom. The van der Waals surface area contributed by atoms with Crippen molar-refractivity contribution >= 4 is 12.0 Å². The number of amides is 2. The number of nitrogens with zero attached hydrogens (tertiary/aromatic N) is 3. The number of nitrogens with one attached hydrogen (secondary N) is 1. The molecular formula is C12H18N4O4. The Hall–Kier alpha value is -2.12. The van der Waals surface area contributed by atoms with E-state index >= 15 is 0 Å². The maximum atomic E-state index is 11.9. The number of carboxylic acids is 1. The minimum absolute atomic E-state index is 0.172. The van der Waals surface area contributed by atoms with Crippen molar-refractivity contribution < 1.29 is 19.2 Å². The van der Waals surface area contributed by atoms with Crippen LogP contribution in [0, 0.1) is 12.8 Å². The SMILES string of the molecule is Cc1nc(CCNC(=O)N2CCC(C(=O)O)CC2)no1. The Morgan fingerprint density at radius 1 is 1.45 bits per heavy atom.